The van der Waals surface area contributed by atoms with Gasteiger partial charge in [-0.15, -0.1) is 0 Å². The fraction of sp³-hybridized carbons (Fsp3) is 0.125. The van der Waals surface area contributed by atoms with E-state index in [-0.39, 0.29) is 0 Å². The van der Waals surface area contributed by atoms with Crippen LogP contribution in [0.25, 0.3) is 28.2 Å². The van der Waals surface area contributed by atoms with Gasteiger partial charge in [-0.1, -0.05) is 23.7 Å². The van der Waals surface area contributed by atoms with E-state index in [0.717, 1.165) is 11.1 Å². The summed E-state index contributed by atoms with van der Waals surface area (Å²) in [5.74, 6) is 1.01. The van der Waals surface area contributed by atoms with Gasteiger partial charge in [-0.2, -0.15) is 5.10 Å². The van der Waals surface area contributed by atoms with E-state index in [2.05, 4.69) is 20.1 Å². The zero-order valence-electron chi connectivity index (χ0n) is 12.9. The van der Waals surface area contributed by atoms with Crippen molar-refractivity contribution >= 4 is 28.6 Å². The molecule has 0 bridgehead atoms. The van der Waals surface area contributed by atoms with Crippen molar-refractivity contribution in [1.29, 1.82) is 0 Å². The molecule has 4 rings (SSSR count). The van der Waals surface area contributed by atoms with Gasteiger partial charge in [0.25, 0.3) is 0 Å². The Hall–Kier alpha value is -2.93. The summed E-state index contributed by atoms with van der Waals surface area (Å²) in [5.41, 5.74) is 9.20. The van der Waals surface area contributed by atoms with Crippen LogP contribution in [0.3, 0.4) is 0 Å². The van der Waals surface area contributed by atoms with Crippen molar-refractivity contribution in [3.63, 3.8) is 0 Å². The number of halogens is 1. The van der Waals surface area contributed by atoms with E-state index in [1.165, 1.54) is 6.33 Å². The summed E-state index contributed by atoms with van der Waals surface area (Å²) in [6.45, 7) is 2.71. The fourth-order valence-electron chi connectivity index (χ4n) is 2.63. The largest absolute Gasteiger partial charge is 0.382 e. The van der Waals surface area contributed by atoms with Crippen molar-refractivity contribution in [1.82, 2.24) is 29.3 Å². The summed E-state index contributed by atoms with van der Waals surface area (Å²) in [6, 6.07) is 7.61. The molecule has 0 unspecified atom stereocenters. The van der Waals surface area contributed by atoms with Gasteiger partial charge in [0.2, 0.25) is 5.95 Å². The number of nitrogens with zero attached hydrogens (tertiary/aromatic N) is 6. The minimum absolute atomic E-state index is 0.360. The van der Waals surface area contributed by atoms with Crippen LogP contribution in [-0.4, -0.2) is 29.3 Å². The maximum absolute atomic E-state index is 5.94. The van der Waals surface area contributed by atoms with Crippen LogP contribution in [0.1, 0.15) is 6.92 Å². The van der Waals surface area contributed by atoms with Gasteiger partial charge in [0.05, 0.1) is 6.20 Å². The average Bonchev–Trinajstić information content (AvgIpc) is 3.20. The van der Waals surface area contributed by atoms with Gasteiger partial charge in [0.1, 0.15) is 6.33 Å². The monoisotopic (exact) mass is 339 g/mol. The predicted octanol–water partition coefficient (Wildman–Crippen LogP) is 2.93. The van der Waals surface area contributed by atoms with Crippen LogP contribution in [0.15, 0.2) is 43.0 Å². The summed E-state index contributed by atoms with van der Waals surface area (Å²) < 4.78 is 3.67. The Labute approximate surface area is 142 Å². The van der Waals surface area contributed by atoms with Crippen LogP contribution in [0.4, 0.5) is 5.82 Å². The molecule has 2 N–H and O–H groups in total. The third kappa shape index (κ3) is 2.30. The van der Waals surface area contributed by atoms with Gasteiger partial charge >= 0.3 is 0 Å². The Balaban J connectivity index is 1.84. The number of rotatable bonds is 3. The molecule has 0 amide bonds. The Bertz CT molecular complexity index is 1020. The average molecular weight is 340 g/mol. The predicted molar refractivity (Wildman–Crippen MR) is 93.0 cm³/mol. The molecule has 3 aromatic heterocycles. The number of aromatic nitrogens is 6. The van der Waals surface area contributed by atoms with Crippen molar-refractivity contribution < 1.29 is 0 Å². The maximum atomic E-state index is 5.94. The molecule has 0 aliphatic carbocycles. The molecule has 7 nitrogen and oxygen atoms in total. The molecule has 0 radical (unpaired) electrons. The number of benzene rings is 1. The fourth-order valence-corrected chi connectivity index (χ4v) is 2.76. The standard InChI is InChI=1S/C16H14ClN7/c1-2-23-15-13(14(18)19-9-20-15)22-16(23)24-8-11(7-21-24)10-3-5-12(17)6-4-10/h3-9H,2H2,1H3,(H2,18,19,20). The van der Waals surface area contributed by atoms with E-state index in [0.29, 0.717) is 34.5 Å². The Morgan fingerprint density at radius 2 is 1.92 bits per heavy atom. The first kappa shape index (κ1) is 14.6. The van der Waals surface area contributed by atoms with Crippen molar-refractivity contribution in [2.24, 2.45) is 0 Å². The first-order chi connectivity index (χ1) is 11.7. The third-order valence-electron chi connectivity index (χ3n) is 3.82. The SMILES string of the molecule is CCn1c(-n2cc(-c3ccc(Cl)cc3)cn2)nc2c(N)ncnc21. The van der Waals surface area contributed by atoms with E-state index in [1.54, 1.807) is 10.9 Å². The first-order valence-electron chi connectivity index (χ1n) is 7.45. The van der Waals surface area contributed by atoms with Crippen LogP contribution < -0.4 is 5.73 Å². The molecule has 0 saturated carbocycles. The van der Waals surface area contributed by atoms with Gasteiger partial charge in [0, 0.05) is 23.3 Å². The van der Waals surface area contributed by atoms with Crippen molar-refractivity contribution in [2.75, 3.05) is 5.73 Å². The summed E-state index contributed by atoms with van der Waals surface area (Å²) >= 11 is 5.94. The molecule has 0 fully saturated rings. The lowest BCUT2D eigenvalue weighted by Crippen LogP contribution is -2.06. The van der Waals surface area contributed by atoms with Gasteiger partial charge in [-0.3, -0.25) is 4.57 Å². The van der Waals surface area contributed by atoms with Crippen molar-refractivity contribution in [2.45, 2.75) is 13.5 Å². The summed E-state index contributed by atoms with van der Waals surface area (Å²) in [5, 5.41) is 5.13. The third-order valence-corrected chi connectivity index (χ3v) is 4.07. The lowest BCUT2D eigenvalue weighted by molar-refractivity contribution is 0.697. The van der Waals surface area contributed by atoms with E-state index in [1.807, 2.05) is 42.0 Å². The summed E-state index contributed by atoms with van der Waals surface area (Å²) in [6.07, 6.45) is 5.15. The van der Waals surface area contributed by atoms with Crippen molar-refractivity contribution in [3.05, 3.63) is 48.0 Å². The highest BCUT2D eigenvalue weighted by Crippen LogP contribution is 2.24. The molecule has 0 aliphatic heterocycles. The second-order valence-electron chi connectivity index (χ2n) is 5.27. The molecule has 0 aliphatic rings. The van der Waals surface area contributed by atoms with Crippen LogP contribution in [0.2, 0.25) is 5.02 Å². The molecule has 0 atom stereocenters. The first-order valence-corrected chi connectivity index (χ1v) is 7.83. The molecule has 1 aromatic carbocycles. The zero-order valence-corrected chi connectivity index (χ0v) is 13.6. The topological polar surface area (TPSA) is 87.4 Å². The molecule has 8 heteroatoms. The summed E-state index contributed by atoms with van der Waals surface area (Å²) in [4.78, 5) is 12.9. The Kier molecular flexibility index (Phi) is 3.42. The molecular weight excluding hydrogens is 326 g/mol. The van der Waals surface area contributed by atoms with Gasteiger partial charge < -0.3 is 5.73 Å². The molecule has 3 heterocycles. The molecule has 0 spiro atoms. The molecule has 120 valence electrons. The second-order valence-corrected chi connectivity index (χ2v) is 5.70. The lowest BCUT2D eigenvalue weighted by atomic mass is 10.1. The number of hydrogen-bond acceptors (Lipinski definition) is 5. The molecule has 0 saturated heterocycles. The molecular formula is C16H14ClN7. The van der Waals surface area contributed by atoms with Crippen LogP contribution in [0.5, 0.6) is 0 Å². The van der Waals surface area contributed by atoms with E-state index < -0.39 is 0 Å². The van der Waals surface area contributed by atoms with Crippen LogP contribution >= 0.6 is 11.6 Å². The van der Waals surface area contributed by atoms with E-state index in [9.17, 15) is 0 Å². The highest BCUT2D eigenvalue weighted by atomic mass is 35.5. The minimum atomic E-state index is 0.360. The second kappa shape index (κ2) is 5.61. The summed E-state index contributed by atoms with van der Waals surface area (Å²) in [7, 11) is 0. The number of fused-ring (bicyclic) bond motifs is 1. The lowest BCUT2D eigenvalue weighted by Gasteiger charge is -2.04. The highest BCUT2D eigenvalue weighted by Gasteiger charge is 2.16. The van der Waals surface area contributed by atoms with Gasteiger partial charge in [-0.05, 0) is 24.6 Å². The number of nitrogen functional groups attached to an aromatic ring is 1. The number of hydrogen-bond donors (Lipinski definition) is 1. The van der Waals surface area contributed by atoms with E-state index in [4.69, 9.17) is 17.3 Å². The maximum Gasteiger partial charge on any atom is 0.233 e. The van der Waals surface area contributed by atoms with E-state index >= 15 is 0 Å². The Morgan fingerprint density at radius 3 is 2.67 bits per heavy atom. The number of nitrogens with two attached hydrogens (primary N) is 1. The smallest absolute Gasteiger partial charge is 0.233 e. The number of aryl methyl sites for hydroxylation is 1. The zero-order chi connectivity index (χ0) is 16.7. The minimum Gasteiger partial charge on any atom is -0.382 e. The van der Waals surface area contributed by atoms with Gasteiger partial charge in [-0.25, -0.2) is 19.6 Å². The highest BCUT2D eigenvalue weighted by molar-refractivity contribution is 6.30. The molecule has 24 heavy (non-hydrogen) atoms. The van der Waals surface area contributed by atoms with Crippen LogP contribution in [-0.2, 0) is 6.54 Å². The van der Waals surface area contributed by atoms with Gasteiger partial charge in [0.15, 0.2) is 17.0 Å². The normalized spacial score (nSPS) is 11.2. The quantitative estimate of drug-likeness (QED) is 0.620. The number of anilines is 1. The van der Waals surface area contributed by atoms with Crippen LogP contribution in [0, 0.1) is 0 Å². The van der Waals surface area contributed by atoms with Crippen molar-refractivity contribution in [3.8, 4) is 17.1 Å². The molecule has 4 aromatic rings. The Morgan fingerprint density at radius 1 is 1.12 bits per heavy atom. The number of imidazole rings is 1.